The minimum absolute atomic E-state index is 0.423. The molecule has 2 aliphatic rings. The molecule has 78 valence electrons. The molecule has 1 aliphatic heterocycles. The van der Waals surface area contributed by atoms with Gasteiger partial charge in [-0.2, -0.15) is 0 Å². The lowest BCUT2D eigenvalue weighted by atomic mass is 9.90. The molecule has 3 nitrogen and oxygen atoms in total. The van der Waals surface area contributed by atoms with Crippen molar-refractivity contribution in [3.8, 4) is 6.57 Å². The maximum Gasteiger partial charge on any atom is 0.272 e. The predicted molar refractivity (Wildman–Crippen MR) is 56.7 cm³/mol. The van der Waals surface area contributed by atoms with Crippen molar-refractivity contribution in [2.24, 2.45) is 0 Å². The Morgan fingerprint density at radius 2 is 1.71 bits per heavy atom. The van der Waals surface area contributed by atoms with Crippen molar-refractivity contribution in [3.05, 3.63) is 4.85 Å². The van der Waals surface area contributed by atoms with Crippen molar-refractivity contribution in [3.63, 3.8) is 0 Å². The SMILES string of the molecule is C#[N+]C1CCC(N2CCOCC2)CC1. The number of rotatable bonds is 1. The van der Waals surface area contributed by atoms with Crippen molar-refractivity contribution < 1.29 is 4.74 Å². The molecule has 2 rings (SSSR count). The molecule has 1 saturated heterocycles. The summed E-state index contributed by atoms with van der Waals surface area (Å²) in [7, 11) is 0. The second-order valence-electron chi connectivity index (χ2n) is 4.26. The molecule has 0 aromatic carbocycles. The van der Waals surface area contributed by atoms with Crippen LogP contribution in [0.4, 0.5) is 0 Å². The standard InChI is InChI=1S/C11H19N2O/c1-12-10-2-4-11(5-3-10)13-6-8-14-9-7-13/h1,10-11H,2-9H2/q+1. The molecule has 0 spiro atoms. The van der Waals surface area contributed by atoms with E-state index in [1.54, 1.807) is 0 Å². The van der Waals surface area contributed by atoms with E-state index in [0.717, 1.165) is 32.3 Å². The van der Waals surface area contributed by atoms with Gasteiger partial charge in [-0.3, -0.25) is 4.90 Å². The zero-order chi connectivity index (χ0) is 9.80. The van der Waals surface area contributed by atoms with Crippen LogP contribution in [0.15, 0.2) is 0 Å². The first-order valence-electron chi connectivity index (χ1n) is 5.62. The molecule has 0 N–H and O–H groups in total. The van der Waals surface area contributed by atoms with E-state index in [2.05, 4.69) is 9.74 Å². The summed E-state index contributed by atoms with van der Waals surface area (Å²) in [4.78, 5) is 6.45. The van der Waals surface area contributed by atoms with Crippen LogP contribution in [-0.4, -0.2) is 43.3 Å². The van der Waals surface area contributed by atoms with Gasteiger partial charge in [-0.15, -0.1) is 0 Å². The van der Waals surface area contributed by atoms with Gasteiger partial charge in [0.25, 0.3) is 12.6 Å². The zero-order valence-electron chi connectivity index (χ0n) is 8.69. The first-order chi connectivity index (χ1) is 6.90. The van der Waals surface area contributed by atoms with Gasteiger partial charge < -0.3 is 4.74 Å². The van der Waals surface area contributed by atoms with Crippen molar-refractivity contribution >= 4 is 0 Å². The van der Waals surface area contributed by atoms with E-state index in [9.17, 15) is 0 Å². The Balaban J connectivity index is 1.79. The molecular formula is C11H19N2O+. The number of hydrogen-bond acceptors (Lipinski definition) is 2. The van der Waals surface area contributed by atoms with Crippen molar-refractivity contribution in [1.82, 2.24) is 4.90 Å². The van der Waals surface area contributed by atoms with Gasteiger partial charge in [0, 0.05) is 32.0 Å². The van der Waals surface area contributed by atoms with Crippen LogP contribution in [-0.2, 0) is 4.74 Å². The minimum Gasteiger partial charge on any atom is -0.379 e. The van der Waals surface area contributed by atoms with Crippen LogP contribution in [0.25, 0.3) is 4.85 Å². The average molecular weight is 195 g/mol. The van der Waals surface area contributed by atoms with Crippen LogP contribution in [0.5, 0.6) is 0 Å². The molecule has 0 bridgehead atoms. The van der Waals surface area contributed by atoms with Crippen LogP contribution < -0.4 is 0 Å². The van der Waals surface area contributed by atoms with Crippen LogP contribution in [0.3, 0.4) is 0 Å². The lowest BCUT2D eigenvalue weighted by Gasteiger charge is -2.36. The predicted octanol–water partition coefficient (Wildman–Crippen LogP) is 1.59. The molecule has 0 aromatic rings. The minimum atomic E-state index is 0.423. The van der Waals surface area contributed by atoms with Gasteiger partial charge in [-0.1, -0.05) is 4.85 Å². The van der Waals surface area contributed by atoms with E-state index in [4.69, 9.17) is 11.3 Å². The highest BCUT2D eigenvalue weighted by atomic mass is 16.5. The van der Waals surface area contributed by atoms with Crippen molar-refractivity contribution in [2.45, 2.75) is 37.8 Å². The van der Waals surface area contributed by atoms with Crippen molar-refractivity contribution in [2.75, 3.05) is 26.3 Å². The van der Waals surface area contributed by atoms with Crippen LogP contribution in [0.2, 0.25) is 0 Å². The largest absolute Gasteiger partial charge is 0.379 e. The van der Waals surface area contributed by atoms with E-state index in [1.165, 1.54) is 25.7 Å². The summed E-state index contributed by atoms with van der Waals surface area (Å²) in [6, 6.07) is 1.18. The molecule has 14 heavy (non-hydrogen) atoms. The highest BCUT2D eigenvalue weighted by Crippen LogP contribution is 2.25. The van der Waals surface area contributed by atoms with Gasteiger partial charge in [-0.25, -0.2) is 0 Å². The monoisotopic (exact) mass is 195 g/mol. The number of nitrogens with zero attached hydrogens (tertiary/aromatic N) is 2. The Labute approximate surface area is 85.9 Å². The summed E-state index contributed by atoms with van der Waals surface area (Å²) >= 11 is 0. The Bertz CT molecular complexity index is 210. The quantitative estimate of drug-likeness (QED) is 0.632. The fourth-order valence-electron chi connectivity index (χ4n) is 2.52. The second kappa shape index (κ2) is 4.77. The summed E-state index contributed by atoms with van der Waals surface area (Å²) in [6.07, 6.45) is 4.84. The van der Waals surface area contributed by atoms with Gasteiger partial charge in [0.05, 0.1) is 13.2 Å². The molecule has 0 atom stereocenters. The smallest absolute Gasteiger partial charge is 0.272 e. The Morgan fingerprint density at radius 1 is 1.07 bits per heavy atom. The maximum absolute atomic E-state index is 5.35. The Morgan fingerprint density at radius 3 is 2.29 bits per heavy atom. The second-order valence-corrected chi connectivity index (χ2v) is 4.26. The van der Waals surface area contributed by atoms with E-state index in [-0.39, 0.29) is 0 Å². The van der Waals surface area contributed by atoms with Crippen LogP contribution >= 0.6 is 0 Å². The van der Waals surface area contributed by atoms with Gasteiger partial charge in [0.1, 0.15) is 0 Å². The summed E-state index contributed by atoms with van der Waals surface area (Å²) in [5, 5.41) is 0. The molecular weight excluding hydrogens is 176 g/mol. The Kier molecular flexibility index (Phi) is 3.39. The first-order valence-corrected chi connectivity index (χ1v) is 5.62. The lowest BCUT2D eigenvalue weighted by Crippen LogP contribution is -2.45. The fourth-order valence-corrected chi connectivity index (χ4v) is 2.52. The maximum atomic E-state index is 5.35. The third-order valence-corrected chi connectivity index (χ3v) is 3.44. The summed E-state index contributed by atoms with van der Waals surface area (Å²) in [5.74, 6) is 0. The van der Waals surface area contributed by atoms with Gasteiger partial charge >= 0.3 is 0 Å². The summed E-state index contributed by atoms with van der Waals surface area (Å²) in [6.45, 7) is 9.34. The highest BCUT2D eigenvalue weighted by Gasteiger charge is 2.30. The molecule has 0 aromatic heterocycles. The third kappa shape index (κ3) is 2.26. The molecule has 0 unspecified atom stereocenters. The number of ether oxygens (including phenoxy) is 1. The fraction of sp³-hybridized carbons (Fsp3) is 0.909. The van der Waals surface area contributed by atoms with Crippen molar-refractivity contribution in [1.29, 1.82) is 0 Å². The van der Waals surface area contributed by atoms with E-state index < -0.39 is 0 Å². The zero-order valence-corrected chi connectivity index (χ0v) is 8.69. The molecule has 0 amide bonds. The molecule has 1 aliphatic carbocycles. The molecule has 1 saturated carbocycles. The van der Waals surface area contributed by atoms with E-state index in [0.29, 0.717) is 6.04 Å². The van der Waals surface area contributed by atoms with E-state index in [1.807, 2.05) is 0 Å². The molecule has 3 heteroatoms. The van der Waals surface area contributed by atoms with Gasteiger partial charge in [0.2, 0.25) is 0 Å². The number of hydrogen-bond donors (Lipinski definition) is 0. The summed E-state index contributed by atoms with van der Waals surface area (Å²) in [5.41, 5.74) is 0. The molecule has 1 heterocycles. The van der Waals surface area contributed by atoms with E-state index >= 15 is 0 Å². The summed E-state index contributed by atoms with van der Waals surface area (Å²) < 4.78 is 5.35. The molecule has 2 fully saturated rings. The van der Waals surface area contributed by atoms with Gasteiger partial charge in [0.15, 0.2) is 0 Å². The first kappa shape index (κ1) is 9.95. The normalized spacial score (nSPS) is 35.1. The lowest BCUT2D eigenvalue weighted by molar-refractivity contribution is 0.00822. The van der Waals surface area contributed by atoms with Crippen LogP contribution in [0, 0.1) is 6.57 Å². The third-order valence-electron chi connectivity index (χ3n) is 3.44. The topological polar surface area (TPSA) is 16.8 Å². The van der Waals surface area contributed by atoms with Gasteiger partial charge in [-0.05, 0) is 12.8 Å². The average Bonchev–Trinajstić information content (AvgIpc) is 2.30. The van der Waals surface area contributed by atoms with Crippen LogP contribution in [0.1, 0.15) is 25.7 Å². The Hall–Kier alpha value is -0.590. The molecule has 0 radical (unpaired) electrons. The highest BCUT2D eigenvalue weighted by molar-refractivity contribution is 4.90. The number of morpholine rings is 1.